The number of halogens is 3. The third-order valence-corrected chi connectivity index (χ3v) is 3.85. The van der Waals surface area contributed by atoms with Gasteiger partial charge in [0.05, 0.1) is 11.3 Å². The molecule has 0 radical (unpaired) electrons. The smallest absolute Gasteiger partial charge is 0.171 e. The molecule has 124 valence electrons. The maximum Gasteiger partial charge on any atom is 0.171 e. The van der Waals surface area contributed by atoms with Crippen LogP contribution in [0.15, 0.2) is 36.4 Å². The number of aryl methyl sites for hydroxylation is 2. The van der Waals surface area contributed by atoms with Gasteiger partial charge < -0.3 is 0 Å². The summed E-state index contributed by atoms with van der Waals surface area (Å²) in [6.45, 7) is 3.54. The average Bonchev–Trinajstić information content (AvgIpc) is 2.55. The predicted molar refractivity (Wildman–Crippen MR) is 87.0 cm³/mol. The summed E-state index contributed by atoms with van der Waals surface area (Å²) in [6.07, 6.45) is 0. The number of nitrogens with zero attached hydrogens (tertiary/aromatic N) is 3. The van der Waals surface area contributed by atoms with Crippen LogP contribution in [0.4, 0.5) is 13.2 Å². The minimum atomic E-state index is -1.10. The highest BCUT2D eigenvalue weighted by atomic mass is 19.1. The Hall–Kier alpha value is -3.20. The number of nitriles is 1. The van der Waals surface area contributed by atoms with E-state index in [4.69, 9.17) is 0 Å². The molecule has 0 N–H and O–H groups in total. The second kappa shape index (κ2) is 6.36. The maximum absolute atomic E-state index is 14.4. The van der Waals surface area contributed by atoms with E-state index in [9.17, 15) is 18.4 Å². The molecule has 0 aliphatic heterocycles. The summed E-state index contributed by atoms with van der Waals surface area (Å²) in [7, 11) is 0. The molecule has 0 fully saturated rings. The highest BCUT2D eigenvalue weighted by molar-refractivity contribution is 5.87. The van der Waals surface area contributed by atoms with Gasteiger partial charge >= 0.3 is 0 Å². The van der Waals surface area contributed by atoms with Gasteiger partial charge in [0.15, 0.2) is 5.69 Å². The molecule has 3 nitrogen and oxygen atoms in total. The molecule has 1 heterocycles. The van der Waals surface area contributed by atoms with Crippen molar-refractivity contribution in [1.82, 2.24) is 10.2 Å². The SMILES string of the molecule is Cc1ccc(-c2c(C)nnc(C#N)c2-c2c(F)cc(F)cc2F)cc1. The predicted octanol–water partition coefficient (Wildman–Crippen LogP) is 4.72. The van der Waals surface area contributed by atoms with Gasteiger partial charge in [-0.15, -0.1) is 5.10 Å². The Balaban J connectivity index is 2.43. The number of rotatable bonds is 2. The van der Waals surface area contributed by atoms with Crippen LogP contribution in [0.2, 0.25) is 0 Å². The van der Waals surface area contributed by atoms with Gasteiger partial charge in [-0.1, -0.05) is 29.8 Å². The van der Waals surface area contributed by atoms with Gasteiger partial charge in [0, 0.05) is 23.3 Å². The van der Waals surface area contributed by atoms with Crippen molar-refractivity contribution in [3.63, 3.8) is 0 Å². The lowest BCUT2D eigenvalue weighted by molar-refractivity contribution is 0.548. The van der Waals surface area contributed by atoms with Crippen LogP contribution < -0.4 is 0 Å². The summed E-state index contributed by atoms with van der Waals surface area (Å²) < 4.78 is 42.0. The van der Waals surface area contributed by atoms with E-state index in [-0.39, 0.29) is 11.3 Å². The molecule has 0 saturated heterocycles. The normalized spacial score (nSPS) is 10.6. The van der Waals surface area contributed by atoms with Gasteiger partial charge in [-0.05, 0) is 19.4 Å². The lowest BCUT2D eigenvalue weighted by Crippen LogP contribution is -2.04. The van der Waals surface area contributed by atoms with Crippen molar-refractivity contribution in [2.75, 3.05) is 0 Å². The lowest BCUT2D eigenvalue weighted by atomic mass is 9.91. The molecule has 2 aromatic carbocycles. The second-order valence-electron chi connectivity index (χ2n) is 5.61. The number of hydrogen-bond acceptors (Lipinski definition) is 3. The van der Waals surface area contributed by atoms with Gasteiger partial charge in [-0.2, -0.15) is 10.4 Å². The van der Waals surface area contributed by atoms with Crippen LogP contribution in [0.1, 0.15) is 17.0 Å². The average molecular weight is 339 g/mol. The zero-order chi connectivity index (χ0) is 18.1. The largest absolute Gasteiger partial charge is 0.207 e. The van der Waals surface area contributed by atoms with Crippen molar-refractivity contribution >= 4 is 0 Å². The molecular weight excluding hydrogens is 327 g/mol. The Morgan fingerprint density at radius 1 is 0.840 bits per heavy atom. The summed E-state index contributed by atoms with van der Waals surface area (Å²) in [5.74, 6) is -3.24. The molecule has 0 aliphatic rings. The molecule has 0 amide bonds. The van der Waals surface area contributed by atoms with Crippen molar-refractivity contribution in [3.8, 4) is 28.3 Å². The summed E-state index contributed by atoms with van der Waals surface area (Å²) in [4.78, 5) is 0. The van der Waals surface area contributed by atoms with Gasteiger partial charge in [0.25, 0.3) is 0 Å². The van der Waals surface area contributed by atoms with Gasteiger partial charge in [0.1, 0.15) is 23.5 Å². The summed E-state index contributed by atoms with van der Waals surface area (Å²) >= 11 is 0. The molecule has 0 bridgehead atoms. The van der Waals surface area contributed by atoms with Crippen LogP contribution in [0.3, 0.4) is 0 Å². The van der Waals surface area contributed by atoms with Gasteiger partial charge in [-0.25, -0.2) is 13.2 Å². The van der Waals surface area contributed by atoms with Crippen LogP contribution in [0, 0.1) is 42.6 Å². The Bertz CT molecular complexity index is 983. The second-order valence-corrected chi connectivity index (χ2v) is 5.61. The molecule has 0 spiro atoms. The van der Waals surface area contributed by atoms with E-state index in [2.05, 4.69) is 10.2 Å². The van der Waals surface area contributed by atoms with Gasteiger partial charge in [0.2, 0.25) is 0 Å². The minimum Gasteiger partial charge on any atom is -0.207 e. The molecule has 1 aromatic heterocycles. The van der Waals surface area contributed by atoms with Crippen LogP contribution in [-0.4, -0.2) is 10.2 Å². The fourth-order valence-corrected chi connectivity index (χ4v) is 2.70. The topological polar surface area (TPSA) is 49.6 Å². The first-order chi connectivity index (χ1) is 11.9. The van der Waals surface area contributed by atoms with E-state index >= 15 is 0 Å². The van der Waals surface area contributed by atoms with Crippen molar-refractivity contribution < 1.29 is 13.2 Å². The van der Waals surface area contributed by atoms with Crippen LogP contribution in [0.25, 0.3) is 22.3 Å². The molecule has 3 rings (SSSR count). The quantitative estimate of drug-likeness (QED) is 0.679. The monoisotopic (exact) mass is 339 g/mol. The van der Waals surface area contributed by atoms with Crippen molar-refractivity contribution in [2.24, 2.45) is 0 Å². The van der Waals surface area contributed by atoms with E-state index in [1.54, 1.807) is 19.1 Å². The van der Waals surface area contributed by atoms with E-state index in [0.29, 0.717) is 29.0 Å². The van der Waals surface area contributed by atoms with Crippen molar-refractivity contribution in [2.45, 2.75) is 13.8 Å². The summed E-state index contributed by atoms with van der Waals surface area (Å²) in [5.41, 5.74) is 1.67. The Labute approximate surface area is 142 Å². The van der Waals surface area contributed by atoms with Crippen LogP contribution in [-0.2, 0) is 0 Å². The molecule has 0 atom stereocenters. The Kier molecular flexibility index (Phi) is 4.24. The molecule has 3 aromatic rings. The third kappa shape index (κ3) is 2.96. The summed E-state index contributed by atoms with van der Waals surface area (Å²) in [6, 6.07) is 10.2. The standard InChI is InChI=1S/C19H12F3N3/c1-10-3-5-12(6-4-10)17-11(2)24-25-16(9-23)19(17)18-14(21)7-13(20)8-15(18)22/h3-8H,1-2H3. The molecule has 6 heteroatoms. The summed E-state index contributed by atoms with van der Waals surface area (Å²) in [5, 5.41) is 17.0. The molecule has 0 unspecified atom stereocenters. The Morgan fingerprint density at radius 2 is 1.44 bits per heavy atom. The van der Waals surface area contributed by atoms with E-state index in [0.717, 1.165) is 5.56 Å². The number of benzene rings is 2. The zero-order valence-corrected chi connectivity index (χ0v) is 13.4. The van der Waals surface area contributed by atoms with E-state index < -0.39 is 23.0 Å². The Morgan fingerprint density at radius 3 is 2.00 bits per heavy atom. The fraction of sp³-hybridized carbons (Fsp3) is 0.105. The maximum atomic E-state index is 14.4. The first kappa shape index (κ1) is 16.7. The van der Waals surface area contributed by atoms with E-state index in [1.165, 1.54) is 0 Å². The molecular formula is C19H12F3N3. The van der Waals surface area contributed by atoms with E-state index in [1.807, 2.05) is 25.1 Å². The van der Waals surface area contributed by atoms with Crippen LogP contribution in [0.5, 0.6) is 0 Å². The number of hydrogen-bond donors (Lipinski definition) is 0. The number of aromatic nitrogens is 2. The third-order valence-electron chi connectivity index (χ3n) is 3.85. The highest BCUT2D eigenvalue weighted by Crippen LogP contribution is 2.38. The highest BCUT2D eigenvalue weighted by Gasteiger charge is 2.24. The fourth-order valence-electron chi connectivity index (χ4n) is 2.70. The van der Waals surface area contributed by atoms with Gasteiger partial charge in [-0.3, -0.25) is 0 Å². The van der Waals surface area contributed by atoms with Crippen molar-refractivity contribution in [1.29, 1.82) is 5.26 Å². The van der Waals surface area contributed by atoms with Crippen molar-refractivity contribution in [3.05, 3.63) is 70.8 Å². The minimum absolute atomic E-state index is 0.0335. The first-order valence-corrected chi connectivity index (χ1v) is 7.41. The zero-order valence-electron chi connectivity index (χ0n) is 13.4. The molecule has 25 heavy (non-hydrogen) atoms. The van der Waals surface area contributed by atoms with Crippen LogP contribution >= 0.6 is 0 Å². The molecule has 0 saturated carbocycles. The first-order valence-electron chi connectivity index (χ1n) is 7.41. The lowest BCUT2D eigenvalue weighted by Gasteiger charge is -2.15. The molecule has 0 aliphatic carbocycles.